The summed E-state index contributed by atoms with van der Waals surface area (Å²) < 4.78 is 11.2. The molecule has 0 aliphatic heterocycles. The molecule has 2 rings (SSSR count). The number of rotatable bonds is 8. The van der Waals surface area contributed by atoms with Gasteiger partial charge in [0, 0.05) is 25.2 Å². The van der Waals surface area contributed by atoms with E-state index in [0.29, 0.717) is 5.56 Å². The lowest BCUT2D eigenvalue weighted by Crippen LogP contribution is -2.44. The van der Waals surface area contributed by atoms with Crippen LogP contribution in [0.4, 0.5) is 0 Å². The predicted molar refractivity (Wildman–Crippen MR) is 99.8 cm³/mol. The van der Waals surface area contributed by atoms with Gasteiger partial charge >= 0.3 is 11.9 Å². The van der Waals surface area contributed by atoms with Gasteiger partial charge in [-0.1, -0.05) is 30.3 Å². The van der Waals surface area contributed by atoms with Crippen LogP contribution in [-0.4, -0.2) is 48.0 Å². The van der Waals surface area contributed by atoms with Gasteiger partial charge in [-0.2, -0.15) is 0 Å². The lowest BCUT2D eigenvalue weighted by atomic mass is 10.1. The lowest BCUT2D eigenvalue weighted by molar-refractivity contribution is -0.145. The van der Waals surface area contributed by atoms with Gasteiger partial charge in [-0.3, -0.25) is 9.59 Å². The minimum absolute atomic E-state index is 0.145. The molecule has 0 unspecified atom stereocenters. The maximum atomic E-state index is 12.1. The number of Topliss-reactive ketones (excluding diaryl/α,β-unsaturated/α-hetero) is 1. The Kier molecular flexibility index (Phi) is 7.08. The largest absolute Gasteiger partial charge is 0.467 e. The van der Waals surface area contributed by atoms with E-state index in [1.54, 1.807) is 7.05 Å². The molecule has 1 heterocycles. The molecule has 0 radical (unpaired) electrons. The highest BCUT2D eigenvalue weighted by atomic mass is 16.5. The summed E-state index contributed by atoms with van der Waals surface area (Å²) >= 11 is 0. The number of esters is 2. The minimum atomic E-state index is -0.905. The zero-order chi connectivity index (χ0) is 20.7. The van der Waals surface area contributed by atoms with Gasteiger partial charge in [-0.15, -0.1) is 0 Å². The van der Waals surface area contributed by atoms with E-state index < -0.39 is 30.5 Å². The number of nitrogens with one attached hydrogen (secondary N) is 1. The summed E-state index contributed by atoms with van der Waals surface area (Å²) in [5.74, 6) is -2.17. The molecule has 148 valence electrons. The molecule has 0 saturated heterocycles. The minimum Gasteiger partial charge on any atom is -0.467 e. The number of ether oxygens (including phenoxy) is 2. The second kappa shape index (κ2) is 9.50. The number of hydrogen-bond donors (Lipinski definition) is 1. The molecular formula is C20H22N2O6. The molecule has 0 saturated carbocycles. The molecule has 8 nitrogen and oxygen atoms in total. The van der Waals surface area contributed by atoms with Gasteiger partial charge in [0.2, 0.25) is 0 Å². The molecule has 2 aromatic rings. The fourth-order valence-electron chi connectivity index (χ4n) is 2.59. The quantitative estimate of drug-likeness (QED) is 0.542. The van der Waals surface area contributed by atoms with Crippen LogP contribution < -0.4 is 5.32 Å². The van der Waals surface area contributed by atoms with Gasteiger partial charge < -0.3 is 19.4 Å². The summed E-state index contributed by atoms with van der Waals surface area (Å²) in [5, 5.41) is 2.51. The van der Waals surface area contributed by atoms with Crippen LogP contribution in [0.1, 0.15) is 33.3 Å². The van der Waals surface area contributed by atoms with Crippen molar-refractivity contribution < 1.29 is 28.7 Å². The fraction of sp³-hybridized carbons (Fsp3) is 0.300. The van der Waals surface area contributed by atoms with E-state index in [9.17, 15) is 19.2 Å². The summed E-state index contributed by atoms with van der Waals surface area (Å²) in [6, 6.07) is 9.63. The highest BCUT2D eigenvalue weighted by molar-refractivity contribution is 5.98. The number of aromatic nitrogens is 1. The van der Waals surface area contributed by atoms with Crippen molar-refractivity contribution in [3.63, 3.8) is 0 Å². The molecule has 1 N–H and O–H groups in total. The van der Waals surface area contributed by atoms with Crippen LogP contribution >= 0.6 is 0 Å². The first-order valence-corrected chi connectivity index (χ1v) is 8.57. The molecule has 1 atom stereocenters. The van der Waals surface area contributed by atoms with Crippen molar-refractivity contribution in [1.29, 1.82) is 0 Å². The second-order valence-corrected chi connectivity index (χ2v) is 6.19. The molecule has 0 bridgehead atoms. The van der Waals surface area contributed by atoms with Crippen LogP contribution in [0.25, 0.3) is 0 Å². The Morgan fingerprint density at radius 2 is 1.82 bits per heavy atom. The Hall–Kier alpha value is -3.42. The standard InChI is InChI=1S/C20H22N2O6/c1-13(23)15-10-17(22(2)11-15)20(26)28-12-18(24)21-16(19(25)27-3)9-14-7-5-4-6-8-14/h4-8,10-11,16H,9,12H2,1-3H3,(H,21,24)/t16-/m0/s1. The topological polar surface area (TPSA) is 104 Å². The molecule has 28 heavy (non-hydrogen) atoms. The summed E-state index contributed by atoms with van der Waals surface area (Å²) in [6.45, 7) is 0.819. The molecule has 8 heteroatoms. The number of methoxy groups -OCH3 is 1. The van der Waals surface area contributed by atoms with Gasteiger partial charge in [0.15, 0.2) is 12.4 Å². The van der Waals surface area contributed by atoms with Gasteiger partial charge in [-0.05, 0) is 18.6 Å². The average molecular weight is 386 g/mol. The monoisotopic (exact) mass is 386 g/mol. The third-order valence-electron chi connectivity index (χ3n) is 4.06. The number of ketones is 1. The Morgan fingerprint density at radius 1 is 1.14 bits per heavy atom. The molecule has 1 aromatic heterocycles. The zero-order valence-corrected chi connectivity index (χ0v) is 15.9. The van der Waals surface area contributed by atoms with E-state index in [2.05, 4.69) is 5.32 Å². The first kappa shape index (κ1) is 20.9. The Bertz CT molecular complexity index is 872. The van der Waals surface area contributed by atoms with Crippen LogP contribution in [0.3, 0.4) is 0 Å². The number of carbonyl (C=O) groups is 4. The predicted octanol–water partition coefficient (Wildman–Crippen LogP) is 1.28. The Morgan fingerprint density at radius 3 is 2.39 bits per heavy atom. The maximum Gasteiger partial charge on any atom is 0.355 e. The summed E-state index contributed by atoms with van der Waals surface area (Å²) in [4.78, 5) is 47.6. The number of benzene rings is 1. The normalized spacial score (nSPS) is 11.4. The maximum absolute atomic E-state index is 12.1. The van der Waals surface area contributed by atoms with Gasteiger partial charge in [-0.25, -0.2) is 9.59 Å². The molecule has 1 aromatic carbocycles. The molecule has 0 fully saturated rings. The summed E-state index contributed by atoms with van der Waals surface area (Å²) in [7, 11) is 2.82. The van der Waals surface area contributed by atoms with Crippen molar-refractivity contribution in [3.8, 4) is 0 Å². The average Bonchev–Trinajstić information content (AvgIpc) is 3.08. The number of carbonyl (C=O) groups excluding carboxylic acids is 4. The third kappa shape index (κ3) is 5.54. The number of nitrogens with zero attached hydrogens (tertiary/aromatic N) is 1. The van der Waals surface area contributed by atoms with Gasteiger partial charge in [0.1, 0.15) is 11.7 Å². The Labute approximate surface area is 162 Å². The lowest BCUT2D eigenvalue weighted by Gasteiger charge is -2.16. The van der Waals surface area contributed by atoms with Crippen molar-refractivity contribution in [3.05, 3.63) is 59.4 Å². The number of hydrogen-bond acceptors (Lipinski definition) is 6. The van der Waals surface area contributed by atoms with Crippen molar-refractivity contribution >= 4 is 23.6 Å². The summed E-state index contributed by atoms with van der Waals surface area (Å²) in [5.41, 5.74) is 1.36. The van der Waals surface area contributed by atoms with E-state index in [1.807, 2.05) is 30.3 Å². The van der Waals surface area contributed by atoms with Gasteiger partial charge in [0.25, 0.3) is 5.91 Å². The van der Waals surface area contributed by atoms with E-state index in [4.69, 9.17) is 9.47 Å². The van der Waals surface area contributed by atoms with E-state index in [0.717, 1.165) is 5.56 Å². The number of aryl methyl sites for hydroxylation is 1. The fourth-order valence-corrected chi connectivity index (χ4v) is 2.59. The van der Waals surface area contributed by atoms with Crippen LogP contribution in [-0.2, 0) is 32.5 Å². The smallest absolute Gasteiger partial charge is 0.355 e. The van der Waals surface area contributed by atoms with E-state index >= 15 is 0 Å². The molecule has 0 spiro atoms. The summed E-state index contributed by atoms with van der Waals surface area (Å²) in [6.07, 6.45) is 1.75. The molecular weight excluding hydrogens is 364 g/mol. The first-order chi connectivity index (χ1) is 13.3. The SMILES string of the molecule is COC(=O)[C@H](Cc1ccccc1)NC(=O)COC(=O)c1cc(C(C)=O)cn1C. The Balaban J connectivity index is 1.96. The zero-order valence-electron chi connectivity index (χ0n) is 15.9. The van der Waals surface area contributed by atoms with Crippen LogP contribution in [0.5, 0.6) is 0 Å². The highest BCUT2D eigenvalue weighted by Crippen LogP contribution is 2.10. The third-order valence-corrected chi connectivity index (χ3v) is 4.06. The molecule has 0 aliphatic carbocycles. The van der Waals surface area contributed by atoms with Crippen LogP contribution in [0, 0.1) is 0 Å². The van der Waals surface area contributed by atoms with E-state index in [1.165, 1.54) is 30.9 Å². The van der Waals surface area contributed by atoms with Crippen LogP contribution in [0.15, 0.2) is 42.6 Å². The molecule has 1 amide bonds. The first-order valence-electron chi connectivity index (χ1n) is 8.57. The van der Waals surface area contributed by atoms with Crippen molar-refractivity contribution in [2.75, 3.05) is 13.7 Å². The van der Waals surface area contributed by atoms with E-state index in [-0.39, 0.29) is 17.9 Å². The van der Waals surface area contributed by atoms with Crippen molar-refractivity contribution in [2.24, 2.45) is 7.05 Å². The van der Waals surface area contributed by atoms with Gasteiger partial charge in [0.05, 0.1) is 7.11 Å². The van der Waals surface area contributed by atoms with Crippen molar-refractivity contribution in [2.45, 2.75) is 19.4 Å². The highest BCUT2D eigenvalue weighted by Gasteiger charge is 2.23. The number of amides is 1. The second-order valence-electron chi connectivity index (χ2n) is 6.19. The molecule has 0 aliphatic rings. The van der Waals surface area contributed by atoms with Crippen molar-refractivity contribution in [1.82, 2.24) is 9.88 Å². The van der Waals surface area contributed by atoms with Crippen LogP contribution in [0.2, 0.25) is 0 Å².